The number of rotatable bonds is 1. The molecule has 3 saturated carbocycles. The van der Waals surface area contributed by atoms with E-state index in [1.165, 1.54) is 18.6 Å². The summed E-state index contributed by atoms with van der Waals surface area (Å²) in [6.45, 7) is 4.67. The normalized spacial score (nSPS) is 36.3. The third kappa shape index (κ3) is 1.41. The Morgan fingerprint density at radius 2 is 2.36 bits per heavy atom. The Balaban J connectivity index is 2.07. The lowest BCUT2D eigenvalue weighted by molar-refractivity contribution is 0.00119. The zero-order chi connectivity index (χ0) is 10.3. The summed E-state index contributed by atoms with van der Waals surface area (Å²) >= 11 is 4.73. The van der Waals surface area contributed by atoms with Gasteiger partial charge in [0.1, 0.15) is 0 Å². The number of fused-ring (bicyclic) bond motifs is 2. The fourth-order valence-electron chi connectivity index (χ4n) is 2.83. The van der Waals surface area contributed by atoms with Crippen LogP contribution in [0.4, 0.5) is 0 Å². The first-order valence-electron chi connectivity index (χ1n) is 5.13. The van der Waals surface area contributed by atoms with E-state index in [1.807, 2.05) is 0 Å². The molecule has 14 heavy (non-hydrogen) atoms. The zero-order valence-corrected chi connectivity index (χ0v) is 9.53. The van der Waals surface area contributed by atoms with Crippen LogP contribution in [0.1, 0.15) is 33.1 Å². The van der Waals surface area contributed by atoms with Crippen molar-refractivity contribution in [3.05, 3.63) is 0 Å². The monoisotopic (exact) mass is 211 g/mol. The zero-order valence-electron chi connectivity index (χ0n) is 8.71. The van der Waals surface area contributed by atoms with Crippen molar-refractivity contribution in [1.82, 2.24) is 5.43 Å². The van der Waals surface area contributed by atoms with Gasteiger partial charge in [-0.25, -0.2) is 0 Å². The largest absolute Gasteiger partial charge is 0.375 e. The van der Waals surface area contributed by atoms with Crippen molar-refractivity contribution in [3.63, 3.8) is 0 Å². The van der Waals surface area contributed by atoms with Crippen LogP contribution < -0.4 is 11.2 Å². The van der Waals surface area contributed by atoms with E-state index in [0.717, 1.165) is 12.3 Å². The topological polar surface area (TPSA) is 50.4 Å². The minimum absolute atomic E-state index is 0.261. The molecule has 0 spiro atoms. The first kappa shape index (κ1) is 9.90. The number of hydrogen-bond acceptors (Lipinski definition) is 2. The van der Waals surface area contributed by atoms with Crippen LogP contribution in [0.3, 0.4) is 0 Å². The van der Waals surface area contributed by atoms with Crippen LogP contribution >= 0.6 is 12.2 Å². The maximum Gasteiger partial charge on any atom is 0.184 e. The van der Waals surface area contributed by atoms with Gasteiger partial charge in [0.25, 0.3) is 0 Å². The summed E-state index contributed by atoms with van der Waals surface area (Å²) in [5, 5.41) is 4.56. The molecule has 3 aliphatic rings. The van der Waals surface area contributed by atoms with Crippen LogP contribution in [-0.4, -0.2) is 10.8 Å². The Kier molecular flexibility index (Phi) is 2.26. The number of nitrogens with one attached hydrogen (secondary N) is 1. The van der Waals surface area contributed by atoms with E-state index < -0.39 is 0 Å². The lowest BCUT2D eigenvalue weighted by atomic mass is 9.48. The van der Waals surface area contributed by atoms with Crippen LogP contribution in [0.5, 0.6) is 0 Å². The highest BCUT2D eigenvalue weighted by Gasteiger charge is 2.53. The van der Waals surface area contributed by atoms with Gasteiger partial charge in [-0.15, -0.1) is 0 Å². The first-order valence-corrected chi connectivity index (χ1v) is 5.54. The summed E-state index contributed by atoms with van der Waals surface area (Å²) in [6.07, 6.45) is 3.67. The molecule has 0 aromatic carbocycles. The minimum atomic E-state index is 0.261. The molecule has 3 fully saturated rings. The molecule has 2 bridgehead atoms. The smallest absolute Gasteiger partial charge is 0.184 e. The van der Waals surface area contributed by atoms with Crippen LogP contribution in [0.2, 0.25) is 0 Å². The Bertz CT molecular complexity index is 294. The second-order valence-electron chi connectivity index (χ2n) is 4.92. The molecule has 0 aliphatic heterocycles. The van der Waals surface area contributed by atoms with Gasteiger partial charge in [-0.05, 0) is 42.8 Å². The number of hydrazone groups is 1. The Morgan fingerprint density at radius 3 is 2.86 bits per heavy atom. The van der Waals surface area contributed by atoms with E-state index >= 15 is 0 Å². The third-order valence-electron chi connectivity index (χ3n) is 3.93. The van der Waals surface area contributed by atoms with Gasteiger partial charge in [0.2, 0.25) is 0 Å². The summed E-state index contributed by atoms with van der Waals surface area (Å²) in [6, 6.07) is 0. The number of nitrogens with zero attached hydrogens (tertiary/aromatic N) is 1. The molecule has 0 aromatic rings. The maximum absolute atomic E-state index is 5.35. The fraction of sp³-hybridized carbons (Fsp3) is 0.800. The average molecular weight is 211 g/mol. The molecular formula is C10H17N3S. The highest BCUT2D eigenvalue weighted by atomic mass is 32.1. The number of thiocarbonyl (C=S) groups is 1. The van der Waals surface area contributed by atoms with Gasteiger partial charge in [0.15, 0.2) is 5.11 Å². The third-order valence-corrected chi connectivity index (χ3v) is 4.02. The molecule has 2 unspecified atom stereocenters. The number of nitrogens with two attached hydrogens (primary N) is 1. The quantitative estimate of drug-likeness (QED) is 0.512. The Morgan fingerprint density at radius 1 is 1.64 bits per heavy atom. The fourth-order valence-corrected chi connectivity index (χ4v) is 2.87. The second kappa shape index (κ2) is 3.19. The van der Waals surface area contributed by atoms with Gasteiger partial charge in [0, 0.05) is 11.6 Å². The van der Waals surface area contributed by atoms with Gasteiger partial charge < -0.3 is 5.73 Å². The molecule has 78 valence electrons. The van der Waals surface area contributed by atoms with Gasteiger partial charge >= 0.3 is 0 Å². The lowest BCUT2D eigenvalue weighted by Crippen LogP contribution is -2.53. The van der Waals surface area contributed by atoms with Crippen LogP contribution in [0, 0.1) is 17.3 Å². The summed E-state index contributed by atoms with van der Waals surface area (Å²) in [5.74, 6) is 1.54. The molecule has 2 atom stereocenters. The Labute approximate surface area is 90.1 Å². The van der Waals surface area contributed by atoms with E-state index in [1.54, 1.807) is 0 Å². The molecule has 0 aromatic heterocycles. The molecule has 0 saturated heterocycles. The van der Waals surface area contributed by atoms with E-state index in [0.29, 0.717) is 11.3 Å². The van der Waals surface area contributed by atoms with Crippen molar-refractivity contribution in [1.29, 1.82) is 0 Å². The van der Waals surface area contributed by atoms with Crippen LogP contribution in [0.15, 0.2) is 5.10 Å². The molecule has 3 aliphatic carbocycles. The second-order valence-corrected chi connectivity index (χ2v) is 5.36. The van der Waals surface area contributed by atoms with Crippen molar-refractivity contribution in [2.24, 2.45) is 28.1 Å². The average Bonchev–Trinajstić information content (AvgIpc) is 2.14. The molecule has 0 radical (unpaired) electrons. The van der Waals surface area contributed by atoms with E-state index in [-0.39, 0.29) is 5.11 Å². The molecule has 4 heteroatoms. The molecule has 0 heterocycles. The molecule has 3 rings (SSSR count). The van der Waals surface area contributed by atoms with Crippen molar-refractivity contribution >= 4 is 23.0 Å². The molecule has 3 N–H and O–H groups in total. The van der Waals surface area contributed by atoms with Gasteiger partial charge in [-0.3, -0.25) is 5.43 Å². The Hall–Kier alpha value is -0.640. The summed E-state index contributed by atoms with van der Waals surface area (Å²) in [4.78, 5) is 0. The molecule has 3 nitrogen and oxygen atoms in total. The number of hydrogen-bond donors (Lipinski definition) is 2. The summed E-state index contributed by atoms with van der Waals surface area (Å²) in [7, 11) is 0. The molecular weight excluding hydrogens is 194 g/mol. The highest BCUT2D eigenvalue weighted by molar-refractivity contribution is 7.80. The van der Waals surface area contributed by atoms with Crippen LogP contribution in [0.25, 0.3) is 0 Å². The van der Waals surface area contributed by atoms with Crippen molar-refractivity contribution in [2.75, 3.05) is 0 Å². The SMILES string of the molecule is CC1(C)C2CC/C(=N/NC(N)=S)C1C2. The van der Waals surface area contributed by atoms with Gasteiger partial charge in [-0.1, -0.05) is 13.8 Å². The standard InChI is InChI=1S/C10H17N3S/c1-10(2)6-3-4-8(7(10)5-6)12-13-9(11)14/h6-7H,3-5H2,1-2H3,(H3,11,13,14)/b12-8-. The van der Waals surface area contributed by atoms with Crippen molar-refractivity contribution < 1.29 is 0 Å². The van der Waals surface area contributed by atoms with Crippen molar-refractivity contribution in [3.8, 4) is 0 Å². The minimum Gasteiger partial charge on any atom is -0.375 e. The predicted octanol–water partition coefficient (Wildman–Crippen LogP) is 1.63. The molecule has 0 amide bonds. The highest BCUT2D eigenvalue weighted by Crippen LogP contribution is 2.57. The van der Waals surface area contributed by atoms with Crippen molar-refractivity contribution in [2.45, 2.75) is 33.1 Å². The summed E-state index contributed by atoms with van der Waals surface area (Å²) in [5.41, 5.74) is 9.75. The van der Waals surface area contributed by atoms with E-state index in [9.17, 15) is 0 Å². The lowest BCUT2D eigenvalue weighted by Gasteiger charge is -2.56. The summed E-state index contributed by atoms with van der Waals surface area (Å²) < 4.78 is 0. The van der Waals surface area contributed by atoms with Gasteiger partial charge in [-0.2, -0.15) is 5.10 Å². The first-order chi connectivity index (χ1) is 6.51. The van der Waals surface area contributed by atoms with Crippen LogP contribution in [-0.2, 0) is 0 Å². The van der Waals surface area contributed by atoms with Gasteiger partial charge in [0.05, 0.1) is 0 Å². The predicted molar refractivity (Wildman–Crippen MR) is 62.0 cm³/mol. The van der Waals surface area contributed by atoms with E-state index in [4.69, 9.17) is 18.0 Å². The maximum atomic E-state index is 5.35. The van der Waals surface area contributed by atoms with E-state index in [2.05, 4.69) is 24.4 Å².